The topological polar surface area (TPSA) is 35.6 Å². The maximum Gasteiger partial charge on any atom is 0.239 e. The van der Waals surface area contributed by atoms with Crippen LogP contribution in [0.5, 0.6) is 0 Å². The first-order valence-corrected chi connectivity index (χ1v) is 7.99. The van der Waals surface area contributed by atoms with Crippen LogP contribution in [0.3, 0.4) is 0 Å². The van der Waals surface area contributed by atoms with E-state index < -0.39 is 0 Å². The van der Waals surface area contributed by atoms with Gasteiger partial charge in [-0.2, -0.15) is 0 Å². The van der Waals surface area contributed by atoms with Crippen LogP contribution in [0.15, 0.2) is 0 Å². The Bertz CT molecular complexity index is 327. The van der Waals surface area contributed by atoms with Crippen molar-refractivity contribution in [1.29, 1.82) is 0 Å². The zero-order valence-electron chi connectivity index (χ0n) is 12.1. The van der Waals surface area contributed by atoms with Crippen LogP contribution < -0.4 is 5.32 Å². The molecule has 3 fully saturated rings. The SMILES string of the molecule is CC(C(=O)N1CCCCC1)N1CCC2CNCC2C1. The summed E-state index contributed by atoms with van der Waals surface area (Å²) in [6.45, 7) is 8.61. The molecule has 4 nitrogen and oxygen atoms in total. The smallest absolute Gasteiger partial charge is 0.239 e. The fourth-order valence-electron chi connectivity index (χ4n) is 3.95. The Kier molecular flexibility index (Phi) is 4.08. The Morgan fingerprint density at radius 2 is 1.84 bits per heavy atom. The lowest BCUT2D eigenvalue weighted by Gasteiger charge is -2.39. The third-order valence-corrected chi connectivity index (χ3v) is 5.31. The number of rotatable bonds is 2. The summed E-state index contributed by atoms with van der Waals surface area (Å²) in [5.74, 6) is 1.99. The molecule has 0 saturated carbocycles. The van der Waals surface area contributed by atoms with Crippen molar-refractivity contribution in [2.45, 2.75) is 38.6 Å². The van der Waals surface area contributed by atoms with Crippen LogP contribution >= 0.6 is 0 Å². The molecular formula is C15H27N3O. The Balaban J connectivity index is 1.57. The van der Waals surface area contributed by atoms with Crippen LogP contribution in [0, 0.1) is 11.8 Å². The minimum atomic E-state index is 0.0830. The third-order valence-electron chi connectivity index (χ3n) is 5.31. The lowest BCUT2D eigenvalue weighted by atomic mass is 9.88. The van der Waals surface area contributed by atoms with Gasteiger partial charge in [-0.05, 0) is 64.1 Å². The van der Waals surface area contributed by atoms with E-state index in [0.29, 0.717) is 5.91 Å². The Hall–Kier alpha value is -0.610. The van der Waals surface area contributed by atoms with Crippen LogP contribution in [0.1, 0.15) is 32.6 Å². The standard InChI is InChI=1S/C15H27N3O/c1-12(15(19)17-6-3-2-4-7-17)18-8-5-13-9-16-10-14(13)11-18/h12-14,16H,2-11H2,1H3. The summed E-state index contributed by atoms with van der Waals surface area (Å²) in [6, 6.07) is 0.0830. The number of carbonyl (C=O) groups excluding carboxylic acids is 1. The van der Waals surface area contributed by atoms with Gasteiger partial charge in [0.25, 0.3) is 0 Å². The fraction of sp³-hybridized carbons (Fsp3) is 0.933. The number of piperidine rings is 2. The first-order chi connectivity index (χ1) is 9.25. The van der Waals surface area contributed by atoms with Gasteiger partial charge >= 0.3 is 0 Å². The minimum absolute atomic E-state index is 0.0830. The van der Waals surface area contributed by atoms with Gasteiger partial charge in [-0.1, -0.05) is 0 Å². The maximum absolute atomic E-state index is 12.6. The summed E-state index contributed by atoms with van der Waals surface area (Å²) >= 11 is 0. The second-order valence-electron chi connectivity index (χ2n) is 6.52. The molecule has 3 saturated heterocycles. The summed E-state index contributed by atoms with van der Waals surface area (Å²) in [6.07, 6.45) is 4.92. The highest BCUT2D eigenvalue weighted by molar-refractivity contribution is 5.81. The second kappa shape index (κ2) is 5.80. The highest BCUT2D eigenvalue weighted by atomic mass is 16.2. The van der Waals surface area contributed by atoms with Crippen molar-refractivity contribution in [2.24, 2.45) is 11.8 Å². The third kappa shape index (κ3) is 2.79. The van der Waals surface area contributed by atoms with Gasteiger partial charge < -0.3 is 10.2 Å². The van der Waals surface area contributed by atoms with E-state index in [-0.39, 0.29) is 6.04 Å². The Labute approximate surface area is 116 Å². The summed E-state index contributed by atoms with van der Waals surface area (Å²) < 4.78 is 0. The largest absolute Gasteiger partial charge is 0.341 e. The van der Waals surface area contributed by atoms with Gasteiger partial charge in [0.2, 0.25) is 5.91 Å². The molecule has 1 amide bonds. The first kappa shape index (κ1) is 13.4. The Morgan fingerprint density at radius 1 is 1.11 bits per heavy atom. The van der Waals surface area contributed by atoms with E-state index in [0.717, 1.165) is 44.6 Å². The number of nitrogens with zero attached hydrogens (tertiary/aromatic N) is 2. The molecule has 0 aromatic carbocycles. The molecule has 3 unspecified atom stereocenters. The molecule has 4 heteroatoms. The van der Waals surface area contributed by atoms with E-state index in [1.165, 1.54) is 32.2 Å². The van der Waals surface area contributed by atoms with Gasteiger partial charge in [0.15, 0.2) is 0 Å². The molecule has 3 heterocycles. The van der Waals surface area contributed by atoms with Crippen LogP contribution in [0.4, 0.5) is 0 Å². The van der Waals surface area contributed by atoms with E-state index in [1.54, 1.807) is 0 Å². The number of nitrogens with one attached hydrogen (secondary N) is 1. The van der Waals surface area contributed by atoms with Crippen LogP contribution in [0.2, 0.25) is 0 Å². The number of hydrogen-bond acceptors (Lipinski definition) is 3. The monoisotopic (exact) mass is 265 g/mol. The number of fused-ring (bicyclic) bond motifs is 1. The minimum Gasteiger partial charge on any atom is -0.341 e. The maximum atomic E-state index is 12.6. The normalized spacial score (nSPS) is 34.1. The van der Waals surface area contributed by atoms with Crippen LogP contribution in [-0.2, 0) is 4.79 Å². The van der Waals surface area contributed by atoms with Crippen molar-refractivity contribution in [2.75, 3.05) is 39.3 Å². The van der Waals surface area contributed by atoms with E-state index in [4.69, 9.17) is 0 Å². The van der Waals surface area contributed by atoms with E-state index >= 15 is 0 Å². The molecule has 0 aromatic rings. The predicted octanol–water partition coefficient (Wildman–Crippen LogP) is 0.929. The molecule has 3 rings (SSSR count). The molecule has 108 valence electrons. The zero-order valence-corrected chi connectivity index (χ0v) is 12.1. The fourth-order valence-corrected chi connectivity index (χ4v) is 3.95. The zero-order chi connectivity index (χ0) is 13.2. The quantitative estimate of drug-likeness (QED) is 0.807. The molecule has 0 aliphatic carbocycles. The molecular weight excluding hydrogens is 238 g/mol. The van der Waals surface area contributed by atoms with Gasteiger partial charge in [-0.3, -0.25) is 9.69 Å². The number of likely N-dealkylation sites (tertiary alicyclic amines) is 2. The van der Waals surface area contributed by atoms with E-state index in [9.17, 15) is 4.79 Å². The summed E-state index contributed by atoms with van der Waals surface area (Å²) in [7, 11) is 0. The van der Waals surface area contributed by atoms with Gasteiger partial charge in [0.05, 0.1) is 6.04 Å². The van der Waals surface area contributed by atoms with Crippen LogP contribution in [0.25, 0.3) is 0 Å². The van der Waals surface area contributed by atoms with Gasteiger partial charge in [0.1, 0.15) is 0 Å². The van der Waals surface area contributed by atoms with Crippen molar-refractivity contribution in [1.82, 2.24) is 15.1 Å². The van der Waals surface area contributed by atoms with Crippen LogP contribution in [-0.4, -0.2) is 61.0 Å². The van der Waals surface area contributed by atoms with Crippen molar-refractivity contribution in [3.63, 3.8) is 0 Å². The van der Waals surface area contributed by atoms with Gasteiger partial charge in [0, 0.05) is 19.6 Å². The van der Waals surface area contributed by atoms with Gasteiger partial charge in [-0.25, -0.2) is 0 Å². The highest BCUT2D eigenvalue weighted by Crippen LogP contribution is 2.28. The average molecular weight is 265 g/mol. The number of carbonyl (C=O) groups is 1. The summed E-state index contributed by atoms with van der Waals surface area (Å²) in [5, 5.41) is 3.49. The van der Waals surface area contributed by atoms with E-state index in [2.05, 4.69) is 22.0 Å². The lowest BCUT2D eigenvalue weighted by Crippen LogP contribution is -2.52. The van der Waals surface area contributed by atoms with E-state index in [1.807, 2.05) is 0 Å². The molecule has 0 spiro atoms. The molecule has 3 aliphatic heterocycles. The Morgan fingerprint density at radius 3 is 2.63 bits per heavy atom. The average Bonchev–Trinajstić information content (AvgIpc) is 2.94. The molecule has 3 atom stereocenters. The van der Waals surface area contributed by atoms with Crippen molar-refractivity contribution < 1.29 is 4.79 Å². The molecule has 0 radical (unpaired) electrons. The highest BCUT2D eigenvalue weighted by Gasteiger charge is 2.36. The molecule has 0 aromatic heterocycles. The second-order valence-corrected chi connectivity index (χ2v) is 6.52. The first-order valence-electron chi connectivity index (χ1n) is 7.99. The molecule has 1 N–H and O–H groups in total. The lowest BCUT2D eigenvalue weighted by molar-refractivity contribution is -0.138. The van der Waals surface area contributed by atoms with Crippen molar-refractivity contribution in [3.05, 3.63) is 0 Å². The molecule has 3 aliphatic rings. The summed E-state index contributed by atoms with van der Waals surface area (Å²) in [5.41, 5.74) is 0. The van der Waals surface area contributed by atoms with Crippen molar-refractivity contribution >= 4 is 5.91 Å². The predicted molar refractivity (Wildman–Crippen MR) is 75.9 cm³/mol. The van der Waals surface area contributed by atoms with Gasteiger partial charge in [-0.15, -0.1) is 0 Å². The number of hydrogen-bond donors (Lipinski definition) is 1. The summed E-state index contributed by atoms with van der Waals surface area (Å²) in [4.78, 5) is 17.1. The molecule has 19 heavy (non-hydrogen) atoms. The number of amides is 1. The molecule has 0 bridgehead atoms. The van der Waals surface area contributed by atoms with Crippen molar-refractivity contribution in [3.8, 4) is 0 Å².